The summed E-state index contributed by atoms with van der Waals surface area (Å²) in [7, 11) is -4.36. The first-order chi connectivity index (χ1) is 13.7. The fraction of sp³-hybridized carbons (Fsp3) is 0.111. The van der Waals surface area contributed by atoms with Crippen LogP contribution in [0.2, 0.25) is 0 Å². The summed E-state index contributed by atoms with van der Waals surface area (Å²) in [5.74, 6) is -2.25. The number of carbonyl (C=O) groups excluding carboxylic acids is 1. The maximum Gasteiger partial charge on any atom is 0.337 e. The van der Waals surface area contributed by atoms with Crippen LogP contribution in [-0.2, 0) is 21.4 Å². The van der Waals surface area contributed by atoms with Crippen LogP contribution in [0.4, 0.5) is 0 Å². The van der Waals surface area contributed by atoms with E-state index in [2.05, 4.69) is 4.98 Å². The van der Waals surface area contributed by atoms with Crippen LogP contribution in [0.5, 0.6) is 0 Å². The molecule has 150 valence electrons. The predicted octanol–water partition coefficient (Wildman–Crippen LogP) is 0.413. The molecule has 10 nitrogen and oxygen atoms in total. The van der Waals surface area contributed by atoms with Gasteiger partial charge in [-0.05, 0) is 36.8 Å². The molecule has 1 amide bonds. The van der Waals surface area contributed by atoms with Gasteiger partial charge in [0.2, 0.25) is 0 Å². The highest BCUT2D eigenvalue weighted by Crippen LogP contribution is 2.17. The van der Waals surface area contributed by atoms with Gasteiger partial charge in [0.05, 0.1) is 27.7 Å². The van der Waals surface area contributed by atoms with Gasteiger partial charge in [0.1, 0.15) is 6.54 Å². The smallest absolute Gasteiger partial charge is 0.337 e. The second-order valence-electron chi connectivity index (χ2n) is 6.13. The summed E-state index contributed by atoms with van der Waals surface area (Å²) in [6.45, 7) is 1.13. The van der Waals surface area contributed by atoms with Crippen LogP contribution >= 0.6 is 0 Å². The summed E-state index contributed by atoms with van der Waals surface area (Å²) in [5.41, 5.74) is 2.45. The molecule has 0 saturated carbocycles. The molecule has 11 heteroatoms. The number of aromatic carboxylic acids is 1. The van der Waals surface area contributed by atoms with Gasteiger partial charge in [0, 0.05) is 0 Å². The molecule has 3 aromatic rings. The summed E-state index contributed by atoms with van der Waals surface area (Å²) in [6.07, 6.45) is 1.06. The van der Waals surface area contributed by atoms with Crippen molar-refractivity contribution in [1.82, 2.24) is 19.8 Å². The molecular weight excluding hydrogens is 400 g/mol. The van der Waals surface area contributed by atoms with Crippen LogP contribution in [0.3, 0.4) is 0 Å². The summed E-state index contributed by atoms with van der Waals surface area (Å²) in [4.78, 5) is 41.0. The minimum Gasteiger partial charge on any atom is -0.478 e. The Bertz CT molecular complexity index is 1280. The van der Waals surface area contributed by atoms with E-state index in [1.165, 1.54) is 12.1 Å². The van der Waals surface area contributed by atoms with E-state index in [0.29, 0.717) is 16.6 Å². The molecule has 0 atom stereocenters. The number of nitrogens with one attached hydrogen (secondary N) is 2. The molecule has 0 aliphatic heterocycles. The van der Waals surface area contributed by atoms with E-state index in [1.807, 2.05) is 10.3 Å². The molecule has 0 radical (unpaired) electrons. The van der Waals surface area contributed by atoms with Crippen LogP contribution in [0.25, 0.3) is 11.0 Å². The van der Waals surface area contributed by atoms with Crippen molar-refractivity contribution < 1.29 is 23.1 Å². The number of hydrazine groups is 1. The molecule has 0 unspecified atom stereocenters. The fourth-order valence-electron chi connectivity index (χ4n) is 2.67. The van der Waals surface area contributed by atoms with Crippen LogP contribution in [0, 0.1) is 6.92 Å². The third kappa shape index (κ3) is 4.31. The molecule has 0 bridgehead atoms. The number of carbonyl (C=O) groups is 2. The zero-order chi connectivity index (χ0) is 21.2. The molecule has 1 heterocycles. The SMILES string of the molecule is Cc1ccc(C(=O)O)c(S(=O)(=O)NNC(=O)Cn2c(=O)cnc3ccccc32)c1. The lowest BCUT2D eigenvalue weighted by Gasteiger charge is -2.12. The number of hydrogen-bond acceptors (Lipinski definition) is 6. The van der Waals surface area contributed by atoms with Crippen molar-refractivity contribution >= 4 is 32.9 Å². The van der Waals surface area contributed by atoms with Crippen molar-refractivity contribution in [3.63, 3.8) is 0 Å². The number of sulfonamides is 1. The minimum atomic E-state index is -4.36. The van der Waals surface area contributed by atoms with Gasteiger partial charge in [-0.25, -0.2) is 18.2 Å². The lowest BCUT2D eigenvalue weighted by molar-refractivity contribution is -0.122. The number of nitrogens with zero attached hydrogens (tertiary/aromatic N) is 2. The largest absolute Gasteiger partial charge is 0.478 e. The zero-order valence-corrected chi connectivity index (χ0v) is 15.9. The Balaban J connectivity index is 1.82. The molecule has 0 saturated heterocycles. The topological polar surface area (TPSA) is 147 Å². The van der Waals surface area contributed by atoms with Gasteiger partial charge >= 0.3 is 5.97 Å². The van der Waals surface area contributed by atoms with Crippen molar-refractivity contribution in [3.8, 4) is 0 Å². The molecule has 0 aliphatic carbocycles. The van der Waals surface area contributed by atoms with E-state index in [9.17, 15) is 27.9 Å². The number of rotatable bonds is 6. The monoisotopic (exact) mass is 416 g/mol. The number of carboxylic acids is 1. The molecular formula is C18H16N4O6S. The normalized spacial score (nSPS) is 11.3. The van der Waals surface area contributed by atoms with E-state index < -0.39 is 44.5 Å². The Labute approximate surface area is 164 Å². The summed E-state index contributed by atoms with van der Waals surface area (Å²) >= 11 is 0. The molecule has 0 spiro atoms. The first kappa shape index (κ1) is 20.2. The minimum absolute atomic E-state index is 0.407. The van der Waals surface area contributed by atoms with Gasteiger partial charge < -0.3 is 5.11 Å². The van der Waals surface area contributed by atoms with E-state index in [0.717, 1.165) is 16.8 Å². The lowest BCUT2D eigenvalue weighted by Crippen LogP contribution is -2.44. The molecule has 0 aliphatic rings. The number of hydrogen-bond donors (Lipinski definition) is 3. The van der Waals surface area contributed by atoms with Crippen LogP contribution < -0.4 is 15.8 Å². The highest BCUT2D eigenvalue weighted by atomic mass is 32.2. The maximum absolute atomic E-state index is 12.5. The Morgan fingerprint density at radius 1 is 1.17 bits per heavy atom. The van der Waals surface area contributed by atoms with E-state index in [1.54, 1.807) is 31.2 Å². The zero-order valence-electron chi connectivity index (χ0n) is 15.1. The van der Waals surface area contributed by atoms with Crippen molar-refractivity contribution in [2.75, 3.05) is 0 Å². The highest BCUT2D eigenvalue weighted by molar-refractivity contribution is 7.89. The van der Waals surface area contributed by atoms with Crippen LogP contribution in [0.1, 0.15) is 15.9 Å². The predicted molar refractivity (Wildman–Crippen MR) is 103 cm³/mol. The number of aromatic nitrogens is 2. The second-order valence-corrected chi connectivity index (χ2v) is 7.78. The molecule has 0 fully saturated rings. The molecule has 1 aromatic heterocycles. The first-order valence-electron chi connectivity index (χ1n) is 8.28. The Kier molecular flexibility index (Phi) is 5.43. The first-order valence-corrected chi connectivity index (χ1v) is 9.76. The van der Waals surface area contributed by atoms with E-state index in [4.69, 9.17) is 0 Å². The van der Waals surface area contributed by atoms with E-state index in [-0.39, 0.29) is 0 Å². The Morgan fingerprint density at radius 3 is 2.62 bits per heavy atom. The quantitative estimate of drug-likeness (QED) is 0.493. The number of fused-ring (bicyclic) bond motifs is 1. The van der Waals surface area contributed by atoms with Crippen molar-refractivity contribution in [2.45, 2.75) is 18.4 Å². The average molecular weight is 416 g/mol. The molecule has 3 N–H and O–H groups in total. The summed E-state index contributed by atoms with van der Waals surface area (Å²) in [5, 5.41) is 9.20. The number of benzene rings is 2. The number of aryl methyl sites for hydroxylation is 1. The van der Waals surface area contributed by atoms with Gasteiger partial charge in [-0.1, -0.05) is 18.2 Å². The maximum atomic E-state index is 12.5. The Hall–Kier alpha value is -3.57. The van der Waals surface area contributed by atoms with Crippen molar-refractivity contribution in [1.29, 1.82) is 0 Å². The van der Waals surface area contributed by atoms with Crippen molar-refractivity contribution in [3.05, 3.63) is 70.1 Å². The highest BCUT2D eigenvalue weighted by Gasteiger charge is 2.23. The van der Waals surface area contributed by atoms with Gasteiger partial charge in [-0.2, -0.15) is 0 Å². The molecule has 2 aromatic carbocycles. The standard InChI is InChI=1S/C18H16N4O6S/c1-11-6-7-12(18(25)26)15(8-11)29(27,28)21-20-16(23)10-22-14-5-3-2-4-13(14)19-9-17(22)24/h2-9,21H,10H2,1H3,(H,20,23)(H,25,26). The molecule has 29 heavy (non-hydrogen) atoms. The van der Waals surface area contributed by atoms with Gasteiger partial charge in [0.25, 0.3) is 21.5 Å². The number of para-hydroxylation sites is 2. The Morgan fingerprint density at radius 2 is 1.90 bits per heavy atom. The van der Waals surface area contributed by atoms with Crippen LogP contribution in [-0.4, -0.2) is 35.0 Å². The van der Waals surface area contributed by atoms with Gasteiger partial charge in [-0.3, -0.25) is 19.6 Å². The van der Waals surface area contributed by atoms with Crippen molar-refractivity contribution in [2.24, 2.45) is 0 Å². The van der Waals surface area contributed by atoms with Gasteiger partial charge in [-0.15, -0.1) is 4.83 Å². The third-order valence-electron chi connectivity index (χ3n) is 4.04. The summed E-state index contributed by atoms with van der Waals surface area (Å²) in [6, 6.07) is 10.5. The summed E-state index contributed by atoms with van der Waals surface area (Å²) < 4.78 is 26.1. The fourth-order valence-corrected chi connectivity index (χ4v) is 3.81. The second kappa shape index (κ2) is 7.81. The molecule has 3 rings (SSSR count). The third-order valence-corrected chi connectivity index (χ3v) is 5.32. The van der Waals surface area contributed by atoms with E-state index >= 15 is 0 Å². The number of carboxylic acid groups (broad SMARTS) is 1. The number of amides is 1. The van der Waals surface area contributed by atoms with Gasteiger partial charge in [0.15, 0.2) is 0 Å². The van der Waals surface area contributed by atoms with Crippen LogP contribution in [0.15, 0.2) is 58.4 Å². The average Bonchev–Trinajstić information content (AvgIpc) is 2.68. The lowest BCUT2D eigenvalue weighted by atomic mass is 10.1.